The fourth-order valence-electron chi connectivity index (χ4n) is 11.1. The van der Waals surface area contributed by atoms with E-state index in [1.165, 1.54) is 0 Å². The number of pyridine rings is 4. The minimum Gasteiger partial charge on any atom is -0.310 e. The average molecular weight is 948 g/mol. The van der Waals surface area contributed by atoms with Crippen molar-refractivity contribution in [2.45, 2.75) is 6.92 Å². The largest absolute Gasteiger partial charge is 0.310 e. The summed E-state index contributed by atoms with van der Waals surface area (Å²) in [5.41, 5.74) is 18.7. The third-order valence-corrected chi connectivity index (χ3v) is 14.5. The summed E-state index contributed by atoms with van der Waals surface area (Å²) in [6.45, 7) is 2.26. The fourth-order valence-corrected chi connectivity index (χ4v) is 11.1. The number of hydrogen-bond acceptors (Lipinski definition) is 6. The lowest BCUT2D eigenvalue weighted by atomic mass is 9.87. The van der Waals surface area contributed by atoms with Crippen LogP contribution in [0.5, 0.6) is 0 Å². The molecule has 14 rings (SSSR count). The molecule has 7 heteroatoms. The van der Waals surface area contributed by atoms with Crippen LogP contribution in [0.2, 0.25) is 0 Å². The summed E-state index contributed by atoms with van der Waals surface area (Å²) in [4.78, 5) is 24.3. The topological polar surface area (TPSA) is 63.0 Å². The van der Waals surface area contributed by atoms with Crippen molar-refractivity contribution in [3.05, 3.63) is 261 Å². The molecule has 348 valence electrons. The number of rotatable bonds is 9. The molecule has 14 aromatic rings. The Kier molecular flexibility index (Phi) is 10.3. The molecule has 0 amide bonds. The molecule has 9 aromatic carbocycles. The van der Waals surface area contributed by atoms with Crippen molar-refractivity contribution in [1.29, 1.82) is 0 Å². The van der Waals surface area contributed by atoms with Crippen molar-refractivity contribution in [1.82, 2.24) is 24.5 Å². The van der Waals surface area contributed by atoms with Gasteiger partial charge in [0, 0.05) is 96.9 Å². The van der Waals surface area contributed by atoms with Crippen molar-refractivity contribution >= 4 is 99.5 Å². The van der Waals surface area contributed by atoms with Crippen LogP contribution in [0.25, 0.3) is 93.4 Å². The van der Waals surface area contributed by atoms with E-state index in [9.17, 15) is 0 Å². The van der Waals surface area contributed by atoms with Crippen LogP contribution >= 0.6 is 0 Å². The number of anilines is 6. The Morgan fingerprint density at radius 1 is 0.297 bits per heavy atom. The van der Waals surface area contributed by atoms with Gasteiger partial charge in [-0.25, -0.2) is 0 Å². The second-order valence-electron chi connectivity index (χ2n) is 18.7. The number of hydrogen-bond donors (Lipinski definition) is 0. The Morgan fingerprint density at radius 3 is 1.05 bits per heavy atom. The molecule has 5 aromatic heterocycles. The molecule has 5 heterocycles. The van der Waals surface area contributed by atoms with Gasteiger partial charge in [0.1, 0.15) is 0 Å². The van der Waals surface area contributed by atoms with Crippen LogP contribution in [-0.2, 0) is 0 Å². The standard InChI is InChI=1S/C67H45N7/c1-44-56(58-38-45-18-14-34-68-64(45)66-54(58)28-16-36-70-66)42-53(43-57(44)59-39-46-19-15-35-69-65(46)67-55(59)29-17-37-71-67)74-62-32-30-51(72(47-20-6-2-7-21-47)48-22-8-3-9-23-48)40-60(62)61-41-52(31-33-63(61)74)73(49-24-10-4-11-25-49)50-26-12-5-13-27-50/h2-43H,1H3. The first kappa shape index (κ1) is 42.9. The number of benzene rings is 9. The first-order chi connectivity index (χ1) is 36.6. The molecule has 0 aliphatic rings. The highest BCUT2D eigenvalue weighted by Gasteiger charge is 2.24. The summed E-state index contributed by atoms with van der Waals surface area (Å²) < 4.78 is 2.46. The third-order valence-electron chi connectivity index (χ3n) is 14.5. The van der Waals surface area contributed by atoms with E-state index in [2.05, 4.69) is 228 Å². The highest BCUT2D eigenvalue weighted by atomic mass is 15.1. The maximum Gasteiger partial charge on any atom is 0.0970 e. The van der Waals surface area contributed by atoms with Crippen molar-refractivity contribution in [2.75, 3.05) is 9.80 Å². The van der Waals surface area contributed by atoms with E-state index in [1.54, 1.807) is 0 Å². The first-order valence-corrected chi connectivity index (χ1v) is 24.9. The minimum absolute atomic E-state index is 0.873. The molecule has 7 nitrogen and oxygen atoms in total. The Bertz CT molecular complexity index is 4080. The molecule has 0 atom stereocenters. The van der Waals surface area contributed by atoms with Gasteiger partial charge in [-0.2, -0.15) is 0 Å². The van der Waals surface area contributed by atoms with E-state index < -0.39 is 0 Å². The number of nitrogens with zero attached hydrogens (tertiary/aromatic N) is 7. The van der Waals surface area contributed by atoms with E-state index in [1.807, 2.05) is 49.1 Å². The number of fused-ring (bicyclic) bond motifs is 9. The van der Waals surface area contributed by atoms with E-state index in [0.29, 0.717) is 0 Å². The van der Waals surface area contributed by atoms with Crippen LogP contribution in [0, 0.1) is 6.92 Å². The molecule has 0 aliphatic heterocycles. The SMILES string of the molecule is Cc1c(-c2cc3cccnc3c3ncccc23)cc(-n2c3ccc(N(c4ccccc4)c4ccccc4)cc3c3cc(N(c4ccccc4)c4ccccc4)ccc32)cc1-c1cc2cccnc2c2ncccc12. The quantitative estimate of drug-likeness (QED) is 0.134. The molecule has 0 saturated heterocycles. The van der Waals surface area contributed by atoms with Crippen LogP contribution in [0.1, 0.15) is 5.56 Å². The van der Waals surface area contributed by atoms with Crippen molar-refractivity contribution in [2.24, 2.45) is 0 Å². The van der Waals surface area contributed by atoms with Crippen molar-refractivity contribution in [3.63, 3.8) is 0 Å². The predicted octanol–water partition coefficient (Wildman–Crippen LogP) is 17.6. The minimum atomic E-state index is 0.873. The maximum atomic E-state index is 4.98. The first-order valence-electron chi connectivity index (χ1n) is 24.9. The lowest BCUT2D eigenvalue weighted by molar-refractivity contribution is 1.17. The lowest BCUT2D eigenvalue weighted by Crippen LogP contribution is -2.09. The molecular formula is C67H45N7. The van der Waals surface area contributed by atoms with E-state index in [-0.39, 0.29) is 0 Å². The molecule has 0 unspecified atom stereocenters. The van der Waals surface area contributed by atoms with E-state index >= 15 is 0 Å². The van der Waals surface area contributed by atoms with Gasteiger partial charge in [0.15, 0.2) is 0 Å². The number of para-hydroxylation sites is 4. The summed E-state index contributed by atoms with van der Waals surface area (Å²) in [5.74, 6) is 0. The van der Waals surface area contributed by atoms with Gasteiger partial charge in [0.05, 0.1) is 33.1 Å². The Labute approximate surface area is 427 Å². The lowest BCUT2D eigenvalue weighted by Gasteiger charge is -2.26. The molecule has 0 bridgehead atoms. The fraction of sp³-hybridized carbons (Fsp3) is 0.0149. The summed E-state index contributed by atoms with van der Waals surface area (Å²) in [7, 11) is 0. The zero-order valence-corrected chi connectivity index (χ0v) is 40.4. The van der Waals surface area contributed by atoms with Crippen molar-refractivity contribution in [3.8, 4) is 27.9 Å². The van der Waals surface area contributed by atoms with Gasteiger partial charge in [-0.15, -0.1) is 0 Å². The van der Waals surface area contributed by atoms with Gasteiger partial charge in [-0.05, 0) is 168 Å². The summed E-state index contributed by atoms with van der Waals surface area (Å²) in [5, 5.41) is 6.40. The zero-order chi connectivity index (χ0) is 49.1. The highest BCUT2D eigenvalue weighted by molar-refractivity contribution is 6.15. The van der Waals surface area contributed by atoms with Crippen LogP contribution in [0.4, 0.5) is 34.1 Å². The predicted molar refractivity (Wildman–Crippen MR) is 307 cm³/mol. The van der Waals surface area contributed by atoms with E-state index in [0.717, 1.165) is 133 Å². The third kappa shape index (κ3) is 7.13. The molecular weight excluding hydrogens is 903 g/mol. The highest BCUT2D eigenvalue weighted by Crippen LogP contribution is 2.46. The average Bonchev–Trinajstić information content (AvgIpc) is 3.80. The molecule has 0 spiro atoms. The van der Waals surface area contributed by atoms with Crippen LogP contribution in [-0.4, -0.2) is 24.5 Å². The molecule has 0 fully saturated rings. The Hall–Kier alpha value is -9.98. The number of aromatic nitrogens is 5. The second-order valence-corrected chi connectivity index (χ2v) is 18.7. The maximum absolute atomic E-state index is 4.98. The van der Waals surface area contributed by atoms with E-state index in [4.69, 9.17) is 19.9 Å². The van der Waals surface area contributed by atoms with Gasteiger partial charge in [-0.3, -0.25) is 19.9 Å². The summed E-state index contributed by atoms with van der Waals surface area (Å²) in [6, 6.07) is 82.5. The molecule has 0 aliphatic carbocycles. The molecule has 0 saturated carbocycles. The van der Waals surface area contributed by atoms with Crippen LogP contribution in [0.15, 0.2) is 255 Å². The van der Waals surface area contributed by atoms with Gasteiger partial charge in [0.2, 0.25) is 0 Å². The van der Waals surface area contributed by atoms with Crippen molar-refractivity contribution < 1.29 is 0 Å². The molecule has 0 radical (unpaired) electrons. The normalized spacial score (nSPS) is 11.6. The van der Waals surface area contributed by atoms with Gasteiger partial charge >= 0.3 is 0 Å². The molecule has 74 heavy (non-hydrogen) atoms. The van der Waals surface area contributed by atoms with Gasteiger partial charge in [-0.1, -0.05) is 97.1 Å². The molecule has 0 N–H and O–H groups in total. The summed E-state index contributed by atoms with van der Waals surface area (Å²) in [6.07, 6.45) is 7.44. The van der Waals surface area contributed by atoms with Gasteiger partial charge < -0.3 is 14.4 Å². The zero-order valence-electron chi connectivity index (χ0n) is 40.4. The smallest absolute Gasteiger partial charge is 0.0970 e. The Balaban J connectivity index is 1.09. The monoisotopic (exact) mass is 947 g/mol. The van der Waals surface area contributed by atoms with Crippen LogP contribution in [0.3, 0.4) is 0 Å². The van der Waals surface area contributed by atoms with Gasteiger partial charge in [0.25, 0.3) is 0 Å². The summed E-state index contributed by atoms with van der Waals surface area (Å²) >= 11 is 0. The second kappa shape index (κ2) is 17.7. The van der Waals surface area contributed by atoms with Crippen LogP contribution < -0.4 is 9.80 Å². The Morgan fingerprint density at radius 2 is 0.662 bits per heavy atom.